The van der Waals surface area contributed by atoms with Crippen LogP contribution in [0.4, 0.5) is 14.7 Å². The topological polar surface area (TPSA) is 89.4 Å². The Balaban J connectivity index is 1.64. The molecule has 0 radical (unpaired) electrons. The highest BCUT2D eigenvalue weighted by molar-refractivity contribution is 7.64. The first-order valence-corrected chi connectivity index (χ1v) is 14.4. The van der Waals surface area contributed by atoms with Crippen molar-refractivity contribution in [3.05, 3.63) is 35.2 Å². The molecule has 184 valence electrons. The number of anilines is 1. The fraction of sp³-hybridized carbons (Fsp3) is 0.500. The third kappa shape index (κ3) is 4.41. The van der Waals surface area contributed by atoms with Crippen LogP contribution in [0.25, 0.3) is 22.2 Å². The number of rotatable bonds is 4. The minimum Gasteiger partial charge on any atom is -0.360 e. The van der Waals surface area contributed by atoms with Gasteiger partial charge >= 0.3 is 0 Å². The van der Waals surface area contributed by atoms with Crippen LogP contribution < -0.4 is 15.9 Å². The zero-order valence-corrected chi connectivity index (χ0v) is 21.5. The highest BCUT2D eigenvalue weighted by atomic mass is 31.1. The van der Waals surface area contributed by atoms with Crippen LogP contribution in [0.3, 0.4) is 0 Å². The highest BCUT2D eigenvalue weighted by Crippen LogP contribution is 2.46. The van der Waals surface area contributed by atoms with E-state index in [9.17, 15) is 5.26 Å². The van der Waals surface area contributed by atoms with Crippen molar-refractivity contribution in [1.29, 1.82) is 5.26 Å². The summed E-state index contributed by atoms with van der Waals surface area (Å²) in [6, 6.07) is 6.04. The molecule has 1 aliphatic heterocycles. The van der Waals surface area contributed by atoms with Crippen molar-refractivity contribution in [2.75, 3.05) is 25.2 Å². The van der Waals surface area contributed by atoms with E-state index in [0.29, 0.717) is 35.6 Å². The molecular formula is C26H31F2N6P. The molecule has 1 atom stereocenters. The van der Waals surface area contributed by atoms with Crippen LogP contribution >= 0.6 is 7.92 Å². The molecule has 1 saturated heterocycles. The molecule has 5 rings (SSSR count). The molecule has 3 aromatic rings. The van der Waals surface area contributed by atoms with Gasteiger partial charge in [0, 0.05) is 47.0 Å². The molecule has 1 aromatic carbocycles. The van der Waals surface area contributed by atoms with E-state index in [2.05, 4.69) is 53.8 Å². The van der Waals surface area contributed by atoms with E-state index < -0.39 is 13.8 Å². The van der Waals surface area contributed by atoms with Gasteiger partial charge in [-0.2, -0.15) is 5.26 Å². The fourth-order valence-corrected chi connectivity index (χ4v) is 6.54. The summed E-state index contributed by atoms with van der Waals surface area (Å²) in [5, 5.41) is 18.3. The number of alkyl halides is 2. The maximum atomic E-state index is 15.3. The number of nitrogens with zero attached hydrogens (tertiary/aromatic N) is 3. The predicted molar refractivity (Wildman–Crippen MR) is 138 cm³/mol. The minimum atomic E-state index is -2.99. The Bertz CT molecular complexity index is 1310. The zero-order chi connectivity index (χ0) is 25.0. The molecule has 1 unspecified atom stereocenters. The summed E-state index contributed by atoms with van der Waals surface area (Å²) < 4.78 is 30.6. The third-order valence-corrected chi connectivity index (χ3v) is 8.54. The number of fused-ring (bicyclic) bond motifs is 2. The first-order valence-electron chi connectivity index (χ1n) is 12.1. The van der Waals surface area contributed by atoms with E-state index in [1.54, 1.807) is 12.3 Å². The van der Waals surface area contributed by atoms with Gasteiger partial charge in [-0.05, 0) is 58.9 Å². The Morgan fingerprint density at radius 2 is 2.00 bits per heavy atom. The second kappa shape index (κ2) is 8.80. The second-order valence-corrected chi connectivity index (χ2v) is 12.7. The summed E-state index contributed by atoms with van der Waals surface area (Å²) in [5.74, 6) is -2.58. The molecule has 1 fully saturated rings. The lowest BCUT2D eigenvalue weighted by Gasteiger charge is -2.36. The number of H-pyrrole nitrogens is 1. The Labute approximate surface area is 205 Å². The molecule has 6 nitrogen and oxygen atoms in total. The predicted octanol–water partition coefficient (Wildman–Crippen LogP) is 5.23. The number of nitrogens with one attached hydrogen (secondary N) is 3. The molecule has 0 saturated carbocycles. The maximum Gasteiger partial charge on any atom is 0.277 e. The van der Waals surface area contributed by atoms with Crippen molar-refractivity contribution in [2.24, 2.45) is 0 Å². The Morgan fingerprint density at radius 3 is 2.69 bits per heavy atom. The summed E-state index contributed by atoms with van der Waals surface area (Å²) in [6.07, 6.45) is 4.42. The second-order valence-electron chi connectivity index (χ2n) is 10.5. The molecule has 3 heterocycles. The van der Waals surface area contributed by atoms with Gasteiger partial charge < -0.3 is 15.6 Å². The SMILES string of the molecule is CP(C)c1c(C#N)ccc2c(-c3nc(NC4CCC(C)(C)NC4)nc4c3C(F)(F)CCC4)c[nH]c12. The average Bonchev–Trinajstić information content (AvgIpc) is 3.22. The molecule has 0 amide bonds. The number of aromatic amines is 1. The van der Waals surface area contributed by atoms with Crippen molar-refractivity contribution >= 4 is 30.1 Å². The van der Waals surface area contributed by atoms with Crippen LogP contribution in [0.2, 0.25) is 0 Å². The van der Waals surface area contributed by atoms with Gasteiger partial charge in [0.2, 0.25) is 5.95 Å². The standard InChI is InChI=1S/C26H31F2N6P/c1-25(2)11-9-16(13-31-25)32-24-33-19-6-5-10-26(27,28)20(19)21(34-24)18-14-30-22-17(18)8-7-15(12-29)23(22)35(3)4/h7-8,14,16,30-31H,5-6,9-11,13H2,1-4H3,(H,32,33,34). The minimum absolute atomic E-state index is 0.0562. The van der Waals surface area contributed by atoms with Crippen molar-refractivity contribution in [3.63, 3.8) is 0 Å². The molecule has 0 spiro atoms. The first-order chi connectivity index (χ1) is 16.6. The molecular weight excluding hydrogens is 465 g/mol. The van der Waals surface area contributed by atoms with Gasteiger partial charge in [-0.1, -0.05) is 14.0 Å². The number of benzene rings is 1. The summed E-state index contributed by atoms with van der Waals surface area (Å²) in [5.41, 5.74) is 2.82. The van der Waals surface area contributed by atoms with Gasteiger partial charge in [0.15, 0.2) is 0 Å². The van der Waals surface area contributed by atoms with E-state index in [-0.39, 0.29) is 29.3 Å². The van der Waals surface area contributed by atoms with Gasteiger partial charge in [-0.3, -0.25) is 0 Å². The summed E-state index contributed by atoms with van der Waals surface area (Å²) in [4.78, 5) is 12.6. The largest absolute Gasteiger partial charge is 0.360 e. The Hall–Kier alpha value is -2.62. The van der Waals surface area contributed by atoms with Gasteiger partial charge in [-0.15, -0.1) is 0 Å². The summed E-state index contributed by atoms with van der Waals surface area (Å²) >= 11 is 0. The quantitative estimate of drug-likeness (QED) is 0.430. The number of hydrogen-bond acceptors (Lipinski definition) is 5. The Morgan fingerprint density at radius 1 is 1.20 bits per heavy atom. The van der Waals surface area contributed by atoms with E-state index in [4.69, 9.17) is 4.98 Å². The van der Waals surface area contributed by atoms with Crippen LogP contribution in [0.5, 0.6) is 0 Å². The molecule has 2 aromatic heterocycles. The molecule has 3 N–H and O–H groups in total. The summed E-state index contributed by atoms with van der Waals surface area (Å²) in [7, 11) is -0.586. The Kier molecular flexibility index (Phi) is 6.05. The van der Waals surface area contributed by atoms with E-state index in [1.807, 2.05) is 6.07 Å². The maximum absolute atomic E-state index is 15.3. The number of aryl methyl sites for hydroxylation is 1. The lowest BCUT2D eigenvalue weighted by Crippen LogP contribution is -2.50. The van der Waals surface area contributed by atoms with Gasteiger partial charge in [0.1, 0.15) is 0 Å². The third-order valence-electron chi connectivity index (χ3n) is 7.18. The highest BCUT2D eigenvalue weighted by Gasteiger charge is 2.42. The van der Waals surface area contributed by atoms with E-state index in [1.165, 1.54) is 0 Å². The molecule has 9 heteroatoms. The zero-order valence-electron chi connectivity index (χ0n) is 20.6. The first kappa shape index (κ1) is 24.1. The van der Waals surface area contributed by atoms with Crippen molar-refractivity contribution in [3.8, 4) is 17.3 Å². The van der Waals surface area contributed by atoms with E-state index >= 15 is 8.78 Å². The van der Waals surface area contributed by atoms with Crippen LogP contribution in [-0.2, 0) is 12.3 Å². The fourth-order valence-electron chi connectivity index (χ4n) is 5.30. The van der Waals surface area contributed by atoms with Gasteiger partial charge in [0.05, 0.1) is 34.1 Å². The number of aromatic nitrogens is 3. The van der Waals surface area contributed by atoms with Crippen molar-refractivity contribution in [1.82, 2.24) is 20.3 Å². The van der Waals surface area contributed by atoms with Gasteiger partial charge in [-0.25, -0.2) is 18.7 Å². The van der Waals surface area contributed by atoms with Crippen LogP contribution in [-0.4, -0.2) is 46.4 Å². The average molecular weight is 497 g/mol. The van der Waals surface area contributed by atoms with Gasteiger partial charge in [0.25, 0.3) is 5.92 Å². The molecule has 0 bridgehead atoms. The van der Waals surface area contributed by atoms with Crippen LogP contribution in [0, 0.1) is 11.3 Å². The lowest BCUT2D eigenvalue weighted by atomic mass is 9.89. The van der Waals surface area contributed by atoms with Crippen LogP contribution in [0.1, 0.15) is 56.4 Å². The van der Waals surface area contributed by atoms with Crippen molar-refractivity contribution < 1.29 is 8.78 Å². The normalized spacial score (nSPS) is 21.0. The molecule has 1 aliphatic carbocycles. The van der Waals surface area contributed by atoms with E-state index in [0.717, 1.165) is 35.6 Å². The number of halogens is 2. The molecule has 35 heavy (non-hydrogen) atoms. The number of hydrogen-bond donors (Lipinski definition) is 3. The smallest absolute Gasteiger partial charge is 0.277 e. The monoisotopic (exact) mass is 496 g/mol. The van der Waals surface area contributed by atoms with Crippen molar-refractivity contribution in [2.45, 2.75) is 63.5 Å². The number of piperidine rings is 1. The number of nitriles is 1. The van der Waals surface area contributed by atoms with Crippen LogP contribution in [0.15, 0.2) is 18.3 Å². The molecule has 2 aliphatic rings. The lowest BCUT2D eigenvalue weighted by molar-refractivity contribution is -0.0220. The summed E-state index contributed by atoms with van der Waals surface area (Å²) in [6.45, 7) is 9.31.